The summed E-state index contributed by atoms with van der Waals surface area (Å²) in [6, 6.07) is 4.21. The normalized spacial score (nSPS) is 16.6. The van der Waals surface area contributed by atoms with Crippen molar-refractivity contribution < 1.29 is 9.53 Å². The SMILES string of the molecule is CCOC(=O)c1cnc2c(C)c(C)ccc2c1N1CCC(Cc2cnn(C)c2)C1. The lowest BCUT2D eigenvalue weighted by Crippen LogP contribution is -2.24. The lowest BCUT2D eigenvalue weighted by molar-refractivity contribution is 0.0527. The van der Waals surface area contributed by atoms with E-state index in [1.165, 1.54) is 11.1 Å². The van der Waals surface area contributed by atoms with Crippen LogP contribution in [0.4, 0.5) is 5.69 Å². The number of anilines is 1. The minimum absolute atomic E-state index is 0.300. The fraction of sp³-hybridized carbons (Fsp3) is 0.435. The van der Waals surface area contributed by atoms with Crippen LogP contribution in [0, 0.1) is 19.8 Å². The monoisotopic (exact) mass is 392 g/mol. The highest BCUT2D eigenvalue weighted by Crippen LogP contribution is 2.36. The average molecular weight is 393 g/mol. The summed E-state index contributed by atoms with van der Waals surface area (Å²) in [6.07, 6.45) is 7.81. The molecule has 3 aromatic rings. The van der Waals surface area contributed by atoms with Gasteiger partial charge < -0.3 is 9.64 Å². The summed E-state index contributed by atoms with van der Waals surface area (Å²) >= 11 is 0. The third-order valence-corrected chi connectivity index (χ3v) is 5.91. The van der Waals surface area contributed by atoms with Gasteiger partial charge in [0.1, 0.15) is 5.56 Å². The minimum atomic E-state index is -0.300. The second-order valence-electron chi connectivity index (χ2n) is 7.97. The van der Waals surface area contributed by atoms with Gasteiger partial charge in [-0.1, -0.05) is 12.1 Å². The first-order valence-electron chi connectivity index (χ1n) is 10.3. The van der Waals surface area contributed by atoms with Crippen LogP contribution < -0.4 is 4.90 Å². The molecule has 0 saturated carbocycles. The van der Waals surface area contributed by atoms with Crippen LogP contribution in [0.3, 0.4) is 0 Å². The number of carbonyl (C=O) groups excluding carboxylic acids is 1. The van der Waals surface area contributed by atoms with E-state index in [-0.39, 0.29) is 5.97 Å². The molecule has 2 aromatic heterocycles. The van der Waals surface area contributed by atoms with Crippen LogP contribution >= 0.6 is 0 Å². The zero-order chi connectivity index (χ0) is 20.5. The van der Waals surface area contributed by atoms with Gasteiger partial charge in [-0.05, 0) is 56.2 Å². The van der Waals surface area contributed by atoms with Gasteiger partial charge in [0.2, 0.25) is 0 Å². The predicted molar refractivity (Wildman–Crippen MR) is 114 cm³/mol. The predicted octanol–water partition coefficient (Wildman–Crippen LogP) is 3.83. The number of esters is 1. The van der Waals surface area contributed by atoms with Gasteiger partial charge in [0, 0.05) is 37.9 Å². The molecular weight excluding hydrogens is 364 g/mol. The summed E-state index contributed by atoms with van der Waals surface area (Å²) in [6.45, 7) is 8.20. The summed E-state index contributed by atoms with van der Waals surface area (Å²) in [5.74, 6) is 0.231. The smallest absolute Gasteiger partial charge is 0.341 e. The molecule has 0 bridgehead atoms. The van der Waals surface area contributed by atoms with Crippen LogP contribution in [0.25, 0.3) is 10.9 Å². The molecule has 6 heteroatoms. The highest BCUT2D eigenvalue weighted by atomic mass is 16.5. The maximum absolute atomic E-state index is 12.7. The number of nitrogens with zero attached hydrogens (tertiary/aromatic N) is 4. The Balaban J connectivity index is 1.71. The summed E-state index contributed by atoms with van der Waals surface area (Å²) in [5, 5.41) is 5.31. The first-order valence-corrected chi connectivity index (χ1v) is 10.3. The van der Waals surface area contributed by atoms with Crippen molar-refractivity contribution in [3.8, 4) is 0 Å². The fourth-order valence-electron chi connectivity index (χ4n) is 4.31. The van der Waals surface area contributed by atoms with Crippen LogP contribution in [0.2, 0.25) is 0 Å². The van der Waals surface area contributed by atoms with Crippen LogP contribution in [-0.4, -0.2) is 40.4 Å². The standard InChI is InChI=1S/C23H28N4O2/c1-5-29-23(28)20-12-24-21-16(3)15(2)6-7-19(21)22(20)27-9-8-17(14-27)10-18-11-25-26(4)13-18/h6-7,11-13,17H,5,8-10,14H2,1-4H3. The van der Waals surface area contributed by atoms with Gasteiger partial charge in [0.25, 0.3) is 0 Å². The van der Waals surface area contributed by atoms with Gasteiger partial charge in [0.05, 0.1) is 24.0 Å². The first-order chi connectivity index (χ1) is 14.0. The minimum Gasteiger partial charge on any atom is -0.462 e. The van der Waals surface area contributed by atoms with Gasteiger partial charge in [-0.3, -0.25) is 9.67 Å². The van der Waals surface area contributed by atoms with Crippen LogP contribution in [0.5, 0.6) is 0 Å². The lowest BCUT2D eigenvalue weighted by atomic mass is 10.0. The van der Waals surface area contributed by atoms with Gasteiger partial charge in [-0.2, -0.15) is 5.10 Å². The quantitative estimate of drug-likeness (QED) is 0.618. The van der Waals surface area contributed by atoms with E-state index in [0.29, 0.717) is 18.1 Å². The van der Waals surface area contributed by atoms with Crippen molar-refractivity contribution in [3.63, 3.8) is 0 Å². The van der Waals surface area contributed by atoms with Crippen molar-refractivity contribution in [1.82, 2.24) is 14.8 Å². The van der Waals surface area contributed by atoms with E-state index in [4.69, 9.17) is 4.74 Å². The molecule has 1 aliphatic rings. The van der Waals surface area contributed by atoms with E-state index in [1.54, 1.807) is 6.20 Å². The molecule has 29 heavy (non-hydrogen) atoms. The zero-order valence-electron chi connectivity index (χ0n) is 17.6. The summed E-state index contributed by atoms with van der Waals surface area (Å²) in [7, 11) is 1.95. The fourth-order valence-corrected chi connectivity index (χ4v) is 4.31. The third kappa shape index (κ3) is 3.71. The number of carbonyl (C=O) groups is 1. The van der Waals surface area contributed by atoms with Gasteiger partial charge in [-0.25, -0.2) is 4.79 Å². The Labute approximate surface area is 171 Å². The number of rotatable bonds is 5. The molecule has 152 valence electrons. The van der Waals surface area contributed by atoms with Crippen molar-refractivity contribution in [2.75, 3.05) is 24.6 Å². The largest absolute Gasteiger partial charge is 0.462 e. The lowest BCUT2D eigenvalue weighted by Gasteiger charge is -2.24. The molecule has 1 aliphatic heterocycles. The Morgan fingerprint density at radius 1 is 1.28 bits per heavy atom. The molecule has 4 rings (SSSR count). The van der Waals surface area contributed by atoms with E-state index >= 15 is 0 Å². The van der Waals surface area contributed by atoms with E-state index < -0.39 is 0 Å². The number of hydrogen-bond acceptors (Lipinski definition) is 5. The van der Waals surface area contributed by atoms with E-state index in [2.05, 4.69) is 47.2 Å². The Kier molecular flexibility index (Phi) is 5.26. The topological polar surface area (TPSA) is 60.2 Å². The van der Waals surface area contributed by atoms with Crippen molar-refractivity contribution >= 4 is 22.6 Å². The number of aryl methyl sites for hydroxylation is 3. The molecule has 0 amide bonds. The molecule has 0 aliphatic carbocycles. The summed E-state index contributed by atoms with van der Waals surface area (Å²) < 4.78 is 7.19. The molecule has 1 unspecified atom stereocenters. The van der Waals surface area contributed by atoms with Crippen LogP contribution in [-0.2, 0) is 18.2 Å². The van der Waals surface area contributed by atoms with Gasteiger partial charge in [-0.15, -0.1) is 0 Å². The summed E-state index contributed by atoms with van der Waals surface area (Å²) in [5.41, 5.74) is 6.11. The van der Waals surface area contributed by atoms with Gasteiger partial charge >= 0.3 is 5.97 Å². The second-order valence-corrected chi connectivity index (χ2v) is 7.97. The summed E-state index contributed by atoms with van der Waals surface area (Å²) in [4.78, 5) is 19.7. The maximum Gasteiger partial charge on any atom is 0.341 e. The first kappa shape index (κ1) is 19.4. The average Bonchev–Trinajstić information content (AvgIpc) is 3.33. The Bertz CT molecular complexity index is 1060. The molecule has 1 atom stereocenters. The molecule has 1 saturated heterocycles. The molecule has 1 fully saturated rings. The Morgan fingerprint density at radius 3 is 2.83 bits per heavy atom. The van der Waals surface area contributed by atoms with Crippen LogP contribution in [0.15, 0.2) is 30.7 Å². The molecule has 0 N–H and O–H groups in total. The number of aromatic nitrogens is 3. The van der Waals surface area contributed by atoms with Crippen molar-refractivity contribution in [2.45, 2.75) is 33.6 Å². The van der Waals surface area contributed by atoms with Crippen LogP contribution in [0.1, 0.15) is 40.4 Å². The van der Waals surface area contributed by atoms with Crippen molar-refractivity contribution in [3.05, 3.63) is 53.0 Å². The maximum atomic E-state index is 12.7. The van der Waals surface area contributed by atoms with Gasteiger partial charge in [0.15, 0.2) is 0 Å². The number of fused-ring (bicyclic) bond motifs is 1. The zero-order valence-corrected chi connectivity index (χ0v) is 17.6. The highest BCUT2D eigenvalue weighted by molar-refractivity contribution is 6.06. The molecule has 1 aromatic carbocycles. The van der Waals surface area contributed by atoms with Crippen molar-refractivity contribution in [1.29, 1.82) is 0 Å². The van der Waals surface area contributed by atoms with E-state index in [9.17, 15) is 4.79 Å². The van der Waals surface area contributed by atoms with E-state index in [0.717, 1.165) is 48.1 Å². The molecule has 6 nitrogen and oxygen atoms in total. The molecule has 3 heterocycles. The second kappa shape index (κ2) is 7.85. The highest BCUT2D eigenvalue weighted by Gasteiger charge is 2.29. The Morgan fingerprint density at radius 2 is 2.10 bits per heavy atom. The molecular formula is C23H28N4O2. The third-order valence-electron chi connectivity index (χ3n) is 5.91. The number of pyridine rings is 1. The Hall–Kier alpha value is -2.89. The molecule has 0 radical (unpaired) electrons. The number of hydrogen-bond donors (Lipinski definition) is 0. The van der Waals surface area contributed by atoms with E-state index in [1.807, 2.05) is 24.9 Å². The molecule has 0 spiro atoms. The number of ether oxygens (including phenoxy) is 1. The van der Waals surface area contributed by atoms with Crippen molar-refractivity contribution in [2.24, 2.45) is 13.0 Å². The number of benzene rings is 1.